The summed E-state index contributed by atoms with van der Waals surface area (Å²) in [4.78, 5) is 36.0. The molecule has 2 N–H and O–H groups in total. The Bertz CT molecular complexity index is 976. The molecule has 2 aromatic carbocycles. The van der Waals surface area contributed by atoms with Crippen LogP contribution in [0.5, 0.6) is 11.5 Å². The van der Waals surface area contributed by atoms with Gasteiger partial charge < -0.3 is 19.5 Å². The van der Waals surface area contributed by atoms with Gasteiger partial charge in [0.15, 0.2) is 18.1 Å². The van der Waals surface area contributed by atoms with Crippen molar-refractivity contribution in [2.24, 2.45) is 0 Å². The van der Waals surface area contributed by atoms with Crippen LogP contribution in [0.15, 0.2) is 30.3 Å². The maximum absolute atomic E-state index is 12.2. The molecule has 2 aromatic rings. The van der Waals surface area contributed by atoms with E-state index in [2.05, 4.69) is 10.6 Å². The lowest BCUT2D eigenvalue weighted by molar-refractivity contribution is -0.123. The van der Waals surface area contributed by atoms with E-state index < -0.39 is 24.5 Å². The summed E-state index contributed by atoms with van der Waals surface area (Å²) in [5.74, 6) is -0.874. The molecule has 1 aliphatic rings. The first kappa shape index (κ1) is 20.5. The molecule has 9 heteroatoms. The van der Waals surface area contributed by atoms with Crippen molar-refractivity contribution in [3.8, 4) is 11.5 Å². The highest BCUT2D eigenvalue weighted by Crippen LogP contribution is 2.38. The Morgan fingerprint density at radius 3 is 2.62 bits per heavy atom. The van der Waals surface area contributed by atoms with Crippen molar-refractivity contribution in [3.05, 3.63) is 52.0 Å². The van der Waals surface area contributed by atoms with Crippen molar-refractivity contribution in [2.45, 2.75) is 13.8 Å². The third-order valence-corrected chi connectivity index (χ3v) is 4.33. The van der Waals surface area contributed by atoms with Crippen LogP contribution >= 0.6 is 11.6 Å². The molecule has 0 radical (unpaired) electrons. The number of imide groups is 1. The van der Waals surface area contributed by atoms with E-state index in [1.54, 1.807) is 6.07 Å². The van der Waals surface area contributed by atoms with Gasteiger partial charge in [0, 0.05) is 5.69 Å². The summed E-state index contributed by atoms with van der Waals surface area (Å²) in [7, 11) is 0. The van der Waals surface area contributed by atoms with E-state index in [1.807, 2.05) is 26.0 Å². The van der Waals surface area contributed by atoms with Crippen molar-refractivity contribution in [1.29, 1.82) is 0 Å². The number of benzene rings is 2. The Morgan fingerprint density at radius 1 is 1.10 bits per heavy atom. The van der Waals surface area contributed by atoms with E-state index in [1.165, 1.54) is 12.1 Å². The van der Waals surface area contributed by atoms with Crippen LogP contribution in [0.25, 0.3) is 0 Å². The third kappa shape index (κ3) is 5.17. The molecule has 0 spiro atoms. The molecule has 0 saturated heterocycles. The lowest BCUT2D eigenvalue weighted by atomic mass is 10.1. The predicted octanol–water partition coefficient (Wildman–Crippen LogP) is 3.23. The van der Waals surface area contributed by atoms with Gasteiger partial charge in [-0.05, 0) is 37.6 Å². The molecule has 8 nitrogen and oxygen atoms in total. The Hall–Kier alpha value is -3.26. The van der Waals surface area contributed by atoms with Crippen molar-refractivity contribution in [3.63, 3.8) is 0 Å². The largest absolute Gasteiger partial charge is 0.486 e. The van der Waals surface area contributed by atoms with Gasteiger partial charge in [0.1, 0.15) is 13.2 Å². The first-order valence-corrected chi connectivity index (χ1v) is 9.15. The minimum atomic E-state index is -0.784. The number of fused-ring (bicyclic) bond motifs is 1. The summed E-state index contributed by atoms with van der Waals surface area (Å²) >= 11 is 6.08. The smallest absolute Gasteiger partial charge is 0.338 e. The molecular formula is C20H19ClN2O6. The Labute approximate surface area is 172 Å². The number of nitrogens with one attached hydrogen (secondary N) is 2. The van der Waals surface area contributed by atoms with Crippen LogP contribution in [-0.2, 0) is 9.53 Å². The highest BCUT2D eigenvalue weighted by atomic mass is 35.5. The Balaban J connectivity index is 1.53. The highest BCUT2D eigenvalue weighted by molar-refractivity contribution is 6.32. The summed E-state index contributed by atoms with van der Waals surface area (Å²) in [6.45, 7) is 3.83. The zero-order chi connectivity index (χ0) is 21.0. The van der Waals surface area contributed by atoms with Gasteiger partial charge in [-0.25, -0.2) is 9.59 Å². The van der Waals surface area contributed by atoms with Gasteiger partial charge in [-0.3, -0.25) is 10.1 Å². The second-order valence-corrected chi connectivity index (χ2v) is 6.79. The van der Waals surface area contributed by atoms with Gasteiger partial charge in [-0.2, -0.15) is 0 Å². The number of urea groups is 1. The number of anilines is 1. The summed E-state index contributed by atoms with van der Waals surface area (Å²) in [6.07, 6.45) is 0. The molecule has 0 fully saturated rings. The quantitative estimate of drug-likeness (QED) is 0.739. The van der Waals surface area contributed by atoms with Crippen molar-refractivity contribution in [1.82, 2.24) is 5.32 Å². The molecule has 0 aliphatic carbocycles. The Morgan fingerprint density at radius 2 is 1.86 bits per heavy atom. The molecule has 3 amide bonds. The van der Waals surface area contributed by atoms with Gasteiger partial charge in [-0.15, -0.1) is 0 Å². The van der Waals surface area contributed by atoms with E-state index in [0.717, 1.165) is 11.1 Å². The number of ether oxygens (including phenoxy) is 3. The maximum Gasteiger partial charge on any atom is 0.338 e. The van der Waals surface area contributed by atoms with Gasteiger partial charge in [-0.1, -0.05) is 29.3 Å². The number of rotatable bonds is 4. The van der Waals surface area contributed by atoms with Crippen molar-refractivity contribution >= 4 is 35.2 Å². The molecule has 0 unspecified atom stereocenters. The average Bonchev–Trinajstić information content (AvgIpc) is 2.68. The van der Waals surface area contributed by atoms with E-state index in [0.29, 0.717) is 30.4 Å². The van der Waals surface area contributed by atoms with Crippen LogP contribution in [0.3, 0.4) is 0 Å². The minimum absolute atomic E-state index is 0.104. The SMILES string of the molecule is Cc1ccc(NC(=O)NC(=O)COC(=O)c2cc(Cl)c3c(c2)OCCO3)c(C)c1. The lowest BCUT2D eigenvalue weighted by Crippen LogP contribution is -2.37. The predicted molar refractivity (Wildman–Crippen MR) is 106 cm³/mol. The fourth-order valence-corrected chi connectivity index (χ4v) is 2.98. The number of esters is 1. The fourth-order valence-electron chi connectivity index (χ4n) is 2.71. The first-order valence-electron chi connectivity index (χ1n) is 8.78. The molecule has 0 saturated carbocycles. The molecular weight excluding hydrogens is 400 g/mol. The average molecular weight is 419 g/mol. The molecule has 152 valence electrons. The zero-order valence-corrected chi connectivity index (χ0v) is 16.6. The number of hydrogen-bond donors (Lipinski definition) is 2. The lowest BCUT2D eigenvalue weighted by Gasteiger charge is -2.19. The third-order valence-electron chi connectivity index (χ3n) is 4.05. The molecule has 0 atom stereocenters. The number of halogens is 1. The second kappa shape index (κ2) is 8.83. The van der Waals surface area contributed by atoms with E-state index >= 15 is 0 Å². The van der Waals surface area contributed by atoms with Crippen molar-refractivity contribution < 1.29 is 28.6 Å². The molecule has 29 heavy (non-hydrogen) atoms. The standard InChI is InChI=1S/C20H19ClN2O6/c1-11-3-4-15(12(2)7-11)22-20(26)23-17(24)10-29-19(25)13-8-14(21)18-16(9-13)27-5-6-28-18/h3-4,7-9H,5-6,10H2,1-2H3,(H2,22,23,24,26). The molecule has 1 heterocycles. The van der Waals surface area contributed by atoms with E-state index in [4.69, 9.17) is 25.8 Å². The zero-order valence-electron chi connectivity index (χ0n) is 15.8. The molecule has 0 bridgehead atoms. The fraction of sp³-hybridized carbons (Fsp3) is 0.250. The van der Waals surface area contributed by atoms with E-state index in [-0.39, 0.29) is 10.6 Å². The van der Waals surface area contributed by atoms with Gasteiger partial charge >= 0.3 is 12.0 Å². The summed E-state index contributed by atoms with van der Waals surface area (Å²) in [6, 6.07) is 7.54. The summed E-state index contributed by atoms with van der Waals surface area (Å²) in [5, 5.41) is 4.87. The maximum atomic E-state index is 12.2. The van der Waals surface area contributed by atoms with E-state index in [9.17, 15) is 14.4 Å². The molecule has 0 aromatic heterocycles. The number of aryl methyl sites for hydroxylation is 2. The van der Waals surface area contributed by atoms with Gasteiger partial charge in [0.2, 0.25) is 0 Å². The number of hydrogen-bond acceptors (Lipinski definition) is 6. The minimum Gasteiger partial charge on any atom is -0.486 e. The summed E-state index contributed by atoms with van der Waals surface area (Å²) in [5.41, 5.74) is 2.58. The van der Waals surface area contributed by atoms with Crippen LogP contribution in [0.4, 0.5) is 10.5 Å². The van der Waals surface area contributed by atoms with Crippen LogP contribution in [-0.4, -0.2) is 37.7 Å². The van der Waals surface area contributed by atoms with Gasteiger partial charge in [0.25, 0.3) is 5.91 Å². The normalized spacial score (nSPS) is 12.1. The van der Waals surface area contributed by atoms with Crippen LogP contribution in [0.2, 0.25) is 5.02 Å². The monoisotopic (exact) mass is 418 g/mol. The van der Waals surface area contributed by atoms with Crippen LogP contribution in [0, 0.1) is 13.8 Å². The van der Waals surface area contributed by atoms with Crippen LogP contribution < -0.4 is 20.1 Å². The second-order valence-electron chi connectivity index (χ2n) is 6.38. The van der Waals surface area contributed by atoms with Gasteiger partial charge in [0.05, 0.1) is 10.6 Å². The Kier molecular flexibility index (Phi) is 6.23. The highest BCUT2D eigenvalue weighted by Gasteiger charge is 2.21. The summed E-state index contributed by atoms with van der Waals surface area (Å²) < 4.78 is 15.7. The van der Waals surface area contributed by atoms with Crippen LogP contribution in [0.1, 0.15) is 21.5 Å². The number of carbonyl (C=O) groups is 3. The first-order chi connectivity index (χ1) is 13.8. The number of carbonyl (C=O) groups excluding carboxylic acids is 3. The topological polar surface area (TPSA) is 103 Å². The van der Waals surface area contributed by atoms with Crippen molar-refractivity contribution in [2.75, 3.05) is 25.1 Å². The molecule has 3 rings (SSSR count). The number of amides is 3. The molecule has 1 aliphatic heterocycles.